The van der Waals surface area contributed by atoms with E-state index in [4.69, 9.17) is 15.3 Å². The molecule has 0 aromatic heterocycles. The van der Waals surface area contributed by atoms with Gasteiger partial charge in [-0.05, 0) is 6.42 Å². The number of rotatable bonds is 7. The Labute approximate surface area is 87.8 Å². The van der Waals surface area contributed by atoms with E-state index in [9.17, 15) is 15.0 Å². The first-order valence-electron chi connectivity index (χ1n) is 4.82. The molecule has 0 amide bonds. The Morgan fingerprint density at radius 2 is 1.53 bits per heavy atom. The molecule has 4 atom stereocenters. The predicted octanol–water partition coefficient (Wildman–Crippen LogP) is -2.21. The summed E-state index contributed by atoms with van der Waals surface area (Å²) in [4.78, 5) is 11.2. The lowest BCUT2D eigenvalue weighted by Crippen LogP contribution is -2.46. The topological polar surface area (TPSA) is 118 Å². The number of ketones is 1. The highest BCUT2D eigenvalue weighted by atomic mass is 16.4. The third-order valence-corrected chi connectivity index (χ3v) is 2.08. The standard InChI is InChI=1S/C9H18O6/c1-2-3-5(11)7(13)9(15)8(14)6(12)4-10/h5-8,10-14H,2-4H2,1H3/t5?,6-,7+,8-/m1/s1. The number of Topliss-reactive ketones (excluding diaryl/α,β-unsaturated/α-hetero) is 1. The Kier molecular flexibility index (Phi) is 6.62. The zero-order valence-electron chi connectivity index (χ0n) is 8.58. The minimum atomic E-state index is -1.88. The maximum Gasteiger partial charge on any atom is 0.195 e. The molecule has 0 aliphatic rings. The average molecular weight is 222 g/mol. The highest BCUT2D eigenvalue weighted by Crippen LogP contribution is 2.07. The molecule has 0 fully saturated rings. The summed E-state index contributed by atoms with van der Waals surface area (Å²) in [5.74, 6) is -1.09. The molecule has 5 N–H and O–H groups in total. The first kappa shape index (κ1) is 14.5. The minimum Gasteiger partial charge on any atom is -0.394 e. The van der Waals surface area contributed by atoms with Crippen LogP contribution in [-0.2, 0) is 4.79 Å². The quantitative estimate of drug-likeness (QED) is 0.333. The summed E-state index contributed by atoms with van der Waals surface area (Å²) >= 11 is 0. The molecule has 1 unspecified atom stereocenters. The van der Waals surface area contributed by atoms with Gasteiger partial charge in [-0.3, -0.25) is 4.79 Å². The summed E-state index contributed by atoms with van der Waals surface area (Å²) in [6.07, 6.45) is -5.72. The molecule has 0 saturated heterocycles. The lowest BCUT2D eigenvalue weighted by molar-refractivity contribution is -0.148. The molecule has 0 heterocycles. The van der Waals surface area contributed by atoms with Crippen LogP contribution in [0.2, 0.25) is 0 Å². The highest BCUT2D eigenvalue weighted by Gasteiger charge is 2.32. The first-order chi connectivity index (χ1) is 6.95. The van der Waals surface area contributed by atoms with Crippen LogP contribution in [0.3, 0.4) is 0 Å². The van der Waals surface area contributed by atoms with Crippen LogP contribution in [0.4, 0.5) is 0 Å². The normalized spacial score (nSPS) is 19.3. The summed E-state index contributed by atoms with van der Waals surface area (Å²) in [6, 6.07) is 0. The van der Waals surface area contributed by atoms with Gasteiger partial charge in [0.2, 0.25) is 0 Å². The van der Waals surface area contributed by atoms with Crippen molar-refractivity contribution in [2.75, 3.05) is 6.61 Å². The molecule has 0 aliphatic carbocycles. The maximum absolute atomic E-state index is 11.2. The molecule has 0 spiro atoms. The van der Waals surface area contributed by atoms with E-state index in [0.717, 1.165) is 0 Å². The van der Waals surface area contributed by atoms with Crippen molar-refractivity contribution in [3.8, 4) is 0 Å². The van der Waals surface area contributed by atoms with E-state index in [1.165, 1.54) is 0 Å². The molecule has 15 heavy (non-hydrogen) atoms. The molecule has 0 aliphatic heterocycles. The number of hydrogen-bond donors (Lipinski definition) is 5. The molecular weight excluding hydrogens is 204 g/mol. The summed E-state index contributed by atoms with van der Waals surface area (Å²) < 4.78 is 0. The molecule has 0 rings (SSSR count). The molecular formula is C9H18O6. The minimum absolute atomic E-state index is 0.217. The molecule has 90 valence electrons. The van der Waals surface area contributed by atoms with Gasteiger partial charge in [0, 0.05) is 0 Å². The molecule has 0 saturated carbocycles. The van der Waals surface area contributed by atoms with Gasteiger partial charge in [0.15, 0.2) is 5.78 Å². The van der Waals surface area contributed by atoms with E-state index in [0.29, 0.717) is 6.42 Å². The van der Waals surface area contributed by atoms with E-state index in [1.807, 2.05) is 0 Å². The SMILES string of the molecule is CCCC(O)[C@H](O)C(=O)[C@H](O)[C@H](O)CO. The van der Waals surface area contributed by atoms with Gasteiger partial charge in [-0.15, -0.1) is 0 Å². The summed E-state index contributed by atoms with van der Waals surface area (Å²) in [6.45, 7) is 0.975. The Bertz CT molecular complexity index is 195. The number of aliphatic hydroxyl groups is 5. The number of aliphatic hydroxyl groups excluding tert-OH is 5. The van der Waals surface area contributed by atoms with Crippen LogP contribution in [0, 0.1) is 0 Å². The van der Waals surface area contributed by atoms with Crippen LogP contribution in [-0.4, -0.2) is 62.3 Å². The lowest BCUT2D eigenvalue weighted by atomic mass is 9.99. The maximum atomic E-state index is 11.2. The number of hydrogen-bond acceptors (Lipinski definition) is 6. The van der Waals surface area contributed by atoms with E-state index < -0.39 is 36.8 Å². The van der Waals surface area contributed by atoms with Crippen LogP contribution >= 0.6 is 0 Å². The van der Waals surface area contributed by atoms with E-state index in [2.05, 4.69) is 0 Å². The molecule has 6 nitrogen and oxygen atoms in total. The van der Waals surface area contributed by atoms with Crippen LogP contribution in [0.15, 0.2) is 0 Å². The van der Waals surface area contributed by atoms with Crippen molar-refractivity contribution in [2.45, 2.75) is 44.2 Å². The third kappa shape index (κ3) is 4.23. The molecule has 0 aromatic rings. The van der Waals surface area contributed by atoms with Gasteiger partial charge in [0.25, 0.3) is 0 Å². The van der Waals surface area contributed by atoms with E-state index in [-0.39, 0.29) is 6.42 Å². The summed E-state index contributed by atoms with van der Waals surface area (Å²) in [5.41, 5.74) is 0. The van der Waals surface area contributed by atoms with Crippen molar-refractivity contribution in [1.82, 2.24) is 0 Å². The fraction of sp³-hybridized carbons (Fsp3) is 0.889. The third-order valence-electron chi connectivity index (χ3n) is 2.08. The fourth-order valence-corrected chi connectivity index (χ4v) is 1.11. The van der Waals surface area contributed by atoms with Crippen molar-refractivity contribution in [2.24, 2.45) is 0 Å². The molecule has 6 heteroatoms. The van der Waals surface area contributed by atoms with E-state index >= 15 is 0 Å². The second kappa shape index (κ2) is 6.86. The first-order valence-corrected chi connectivity index (χ1v) is 4.82. The Morgan fingerprint density at radius 3 is 1.93 bits per heavy atom. The monoisotopic (exact) mass is 222 g/mol. The molecule has 0 bridgehead atoms. The van der Waals surface area contributed by atoms with Gasteiger partial charge in [-0.2, -0.15) is 0 Å². The van der Waals surface area contributed by atoms with Gasteiger partial charge in [-0.25, -0.2) is 0 Å². The van der Waals surface area contributed by atoms with Crippen LogP contribution in [0.5, 0.6) is 0 Å². The average Bonchev–Trinajstić information content (AvgIpc) is 2.25. The van der Waals surface area contributed by atoms with Gasteiger partial charge in [0.1, 0.15) is 18.3 Å². The van der Waals surface area contributed by atoms with E-state index in [1.54, 1.807) is 6.92 Å². The van der Waals surface area contributed by atoms with Gasteiger partial charge >= 0.3 is 0 Å². The second-order valence-corrected chi connectivity index (χ2v) is 3.40. The zero-order chi connectivity index (χ0) is 12.0. The van der Waals surface area contributed by atoms with Crippen molar-refractivity contribution in [1.29, 1.82) is 0 Å². The predicted molar refractivity (Wildman–Crippen MR) is 51.0 cm³/mol. The van der Waals surface area contributed by atoms with Crippen LogP contribution in [0.1, 0.15) is 19.8 Å². The molecule has 0 radical (unpaired) electrons. The largest absolute Gasteiger partial charge is 0.394 e. The van der Waals surface area contributed by atoms with Gasteiger partial charge in [-0.1, -0.05) is 13.3 Å². The summed E-state index contributed by atoms with van der Waals surface area (Å²) in [5, 5.41) is 45.1. The lowest BCUT2D eigenvalue weighted by Gasteiger charge is -2.21. The van der Waals surface area contributed by atoms with Gasteiger partial charge in [0.05, 0.1) is 12.7 Å². The Balaban J connectivity index is 4.30. The van der Waals surface area contributed by atoms with Crippen LogP contribution < -0.4 is 0 Å². The highest BCUT2D eigenvalue weighted by molar-refractivity contribution is 5.88. The summed E-state index contributed by atoms with van der Waals surface area (Å²) in [7, 11) is 0. The smallest absolute Gasteiger partial charge is 0.195 e. The van der Waals surface area contributed by atoms with Crippen molar-refractivity contribution in [3.63, 3.8) is 0 Å². The van der Waals surface area contributed by atoms with Crippen molar-refractivity contribution in [3.05, 3.63) is 0 Å². The Hall–Kier alpha value is -0.530. The number of carbonyl (C=O) groups is 1. The van der Waals surface area contributed by atoms with Crippen LogP contribution in [0.25, 0.3) is 0 Å². The Morgan fingerprint density at radius 1 is 1.07 bits per heavy atom. The number of carbonyl (C=O) groups excluding carboxylic acids is 1. The van der Waals surface area contributed by atoms with Crippen molar-refractivity contribution >= 4 is 5.78 Å². The molecule has 0 aromatic carbocycles. The second-order valence-electron chi connectivity index (χ2n) is 3.40. The zero-order valence-corrected chi connectivity index (χ0v) is 8.58. The van der Waals surface area contributed by atoms with Gasteiger partial charge < -0.3 is 25.5 Å². The fourth-order valence-electron chi connectivity index (χ4n) is 1.11. The van der Waals surface area contributed by atoms with Crippen molar-refractivity contribution < 1.29 is 30.3 Å².